The zero-order chi connectivity index (χ0) is 23.2. The fourth-order valence-corrected chi connectivity index (χ4v) is 4.52. The minimum atomic E-state index is -0.155. The fourth-order valence-electron chi connectivity index (χ4n) is 3.34. The lowest BCUT2D eigenvalue weighted by Gasteiger charge is -2.14. The number of aromatic nitrogens is 3. The molecular formula is C25H23BrN4O2S. The van der Waals surface area contributed by atoms with Gasteiger partial charge in [0.25, 0.3) is 5.91 Å². The minimum absolute atomic E-state index is 0.155. The summed E-state index contributed by atoms with van der Waals surface area (Å²) in [4.78, 5) is 12.7. The number of ether oxygens (including phenoxy) is 1. The van der Waals surface area contributed by atoms with Gasteiger partial charge in [-0.05, 0) is 48.9 Å². The van der Waals surface area contributed by atoms with Crippen LogP contribution in [0.25, 0.3) is 5.69 Å². The summed E-state index contributed by atoms with van der Waals surface area (Å²) in [6.45, 7) is 2.20. The van der Waals surface area contributed by atoms with Gasteiger partial charge in [0.15, 0.2) is 11.0 Å². The number of benzene rings is 3. The Morgan fingerprint density at radius 3 is 2.61 bits per heavy atom. The number of hydrogen-bond acceptors (Lipinski definition) is 5. The van der Waals surface area contributed by atoms with E-state index >= 15 is 0 Å². The highest BCUT2D eigenvalue weighted by Crippen LogP contribution is 2.30. The van der Waals surface area contributed by atoms with Crippen LogP contribution in [0.4, 0.5) is 0 Å². The van der Waals surface area contributed by atoms with E-state index in [0.717, 1.165) is 26.6 Å². The smallest absolute Gasteiger partial charge is 0.251 e. The van der Waals surface area contributed by atoms with Crippen molar-refractivity contribution >= 4 is 33.6 Å². The van der Waals surface area contributed by atoms with Crippen molar-refractivity contribution < 1.29 is 9.53 Å². The van der Waals surface area contributed by atoms with E-state index in [1.165, 1.54) is 5.56 Å². The van der Waals surface area contributed by atoms with Crippen molar-refractivity contribution in [2.75, 3.05) is 7.11 Å². The molecule has 1 heterocycles. The van der Waals surface area contributed by atoms with Crippen LogP contribution < -0.4 is 10.1 Å². The molecule has 0 aliphatic heterocycles. The normalized spacial score (nSPS) is 10.8. The summed E-state index contributed by atoms with van der Waals surface area (Å²) < 4.78 is 8.57. The molecule has 0 fully saturated rings. The first-order chi connectivity index (χ1) is 16.0. The maximum Gasteiger partial charge on any atom is 0.251 e. The van der Waals surface area contributed by atoms with Crippen LogP contribution in [-0.2, 0) is 12.3 Å². The Morgan fingerprint density at radius 1 is 1.06 bits per heavy atom. The number of rotatable bonds is 8. The molecule has 0 spiro atoms. The highest BCUT2D eigenvalue weighted by molar-refractivity contribution is 9.10. The predicted octanol–water partition coefficient (Wildman–Crippen LogP) is 5.57. The molecule has 0 aliphatic carbocycles. The number of para-hydroxylation sites is 2. The molecule has 1 amide bonds. The molecule has 0 atom stereocenters. The molecule has 168 valence electrons. The Kier molecular flexibility index (Phi) is 7.47. The first kappa shape index (κ1) is 23.1. The first-order valence-corrected chi connectivity index (χ1v) is 12.1. The summed E-state index contributed by atoms with van der Waals surface area (Å²) in [6, 6.07) is 23.4. The number of nitrogens with one attached hydrogen (secondary N) is 1. The number of halogens is 1. The van der Waals surface area contributed by atoms with E-state index in [4.69, 9.17) is 4.74 Å². The molecule has 0 saturated carbocycles. The highest BCUT2D eigenvalue weighted by Gasteiger charge is 2.18. The number of thioether (sulfide) groups is 1. The molecule has 4 aromatic rings. The third-order valence-corrected chi connectivity index (χ3v) is 6.52. The summed E-state index contributed by atoms with van der Waals surface area (Å²) in [6.07, 6.45) is 0. The van der Waals surface area contributed by atoms with Gasteiger partial charge in [-0.25, -0.2) is 0 Å². The van der Waals surface area contributed by atoms with E-state index in [0.29, 0.717) is 17.1 Å². The highest BCUT2D eigenvalue weighted by atomic mass is 79.9. The van der Waals surface area contributed by atoms with Gasteiger partial charge in [-0.2, -0.15) is 0 Å². The lowest BCUT2D eigenvalue weighted by molar-refractivity contribution is 0.0949. The molecule has 6 nitrogen and oxygen atoms in total. The summed E-state index contributed by atoms with van der Waals surface area (Å²) >= 11 is 5.05. The largest absolute Gasteiger partial charge is 0.495 e. The van der Waals surface area contributed by atoms with E-state index in [1.807, 2.05) is 66.1 Å². The lowest BCUT2D eigenvalue weighted by Crippen LogP contribution is -2.24. The molecule has 0 unspecified atom stereocenters. The molecule has 1 aromatic heterocycles. The summed E-state index contributed by atoms with van der Waals surface area (Å²) in [5.74, 6) is 1.90. The van der Waals surface area contributed by atoms with E-state index in [-0.39, 0.29) is 12.5 Å². The first-order valence-electron chi connectivity index (χ1n) is 10.3. The topological polar surface area (TPSA) is 69.0 Å². The van der Waals surface area contributed by atoms with Gasteiger partial charge in [-0.15, -0.1) is 10.2 Å². The number of carbonyl (C=O) groups is 1. The number of amides is 1. The van der Waals surface area contributed by atoms with Gasteiger partial charge in [0.05, 0.1) is 19.3 Å². The number of hydrogen-bond donors (Lipinski definition) is 1. The number of aryl methyl sites for hydroxylation is 1. The van der Waals surface area contributed by atoms with Gasteiger partial charge >= 0.3 is 0 Å². The molecule has 0 radical (unpaired) electrons. The zero-order valence-corrected chi connectivity index (χ0v) is 20.7. The van der Waals surface area contributed by atoms with Crippen molar-refractivity contribution in [1.82, 2.24) is 20.1 Å². The molecule has 0 bridgehead atoms. The molecule has 33 heavy (non-hydrogen) atoms. The van der Waals surface area contributed by atoms with Crippen LogP contribution in [0.3, 0.4) is 0 Å². The van der Waals surface area contributed by atoms with Gasteiger partial charge in [0.1, 0.15) is 5.75 Å². The Bertz CT molecular complexity index is 1260. The van der Waals surface area contributed by atoms with Gasteiger partial charge < -0.3 is 10.1 Å². The number of nitrogens with zero attached hydrogens (tertiary/aromatic N) is 3. The van der Waals surface area contributed by atoms with Gasteiger partial charge in [-0.3, -0.25) is 9.36 Å². The van der Waals surface area contributed by atoms with Crippen molar-refractivity contribution in [2.45, 2.75) is 24.4 Å². The minimum Gasteiger partial charge on any atom is -0.495 e. The Labute approximate surface area is 205 Å². The van der Waals surface area contributed by atoms with Crippen molar-refractivity contribution in [1.29, 1.82) is 0 Å². The molecular weight excluding hydrogens is 500 g/mol. The second-order valence-electron chi connectivity index (χ2n) is 7.37. The number of carbonyl (C=O) groups excluding carboxylic acids is 1. The van der Waals surface area contributed by atoms with Crippen LogP contribution in [0.5, 0.6) is 5.75 Å². The van der Waals surface area contributed by atoms with Crippen LogP contribution in [-0.4, -0.2) is 27.8 Å². The molecule has 1 N–H and O–H groups in total. The third-order valence-electron chi connectivity index (χ3n) is 4.99. The Balaban J connectivity index is 1.60. The third kappa shape index (κ3) is 5.64. The van der Waals surface area contributed by atoms with E-state index < -0.39 is 0 Å². The maximum absolute atomic E-state index is 12.7. The SMILES string of the molecule is COc1ccccc1-n1c(CNC(=O)c2cccc(C)c2)nnc1SCc1ccc(Br)cc1. The Morgan fingerprint density at radius 2 is 1.85 bits per heavy atom. The van der Waals surface area contributed by atoms with Gasteiger partial charge in [-0.1, -0.05) is 69.7 Å². The van der Waals surface area contributed by atoms with Crippen LogP contribution in [0.2, 0.25) is 0 Å². The summed E-state index contributed by atoms with van der Waals surface area (Å²) in [5, 5.41) is 12.5. The second-order valence-corrected chi connectivity index (χ2v) is 9.23. The predicted molar refractivity (Wildman–Crippen MR) is 134 cm³/mol. The Hall–Kier alpha value is -3.10. The van der Waals surface area contributed by atoms with Crippen molar-refractivity contribution in [3.8, 4) is 11.4 Å². The van der Waals surface area contributed by atoms with E-state index in [9.17, 15) is 4.79 Å². The molecule has 4 rings (SSSR count). The van der Waals surface area contributed by atoms with Crippen LogP contribution in [0.1, 0.15) is 27.3 Å². The van der Waals surface area contributed by atoms with Gasteiger partial charge in [0, 0.05) is 15.8 Å². The maximum atomic E-state index is 12.7. The lowest BCUT2D eigenvalue weighted by atomic mass is 10.1. The fraction of sp³-hybridized carbons (Fsp3) is 0.160. The monoisotopic (exact) mass is 522 g/mol. The van der Waals surface area contributed by atoms with Crippen molar-refractivity contribution in [3.63, 3.8) is 0 Å². The van der Waals surface area contributed by atoms with Crippen molar-refractivity contribution in [2.24, 2.45) is 0 Å². The van der Waals surface area contributed by atoms with Gasteiger partial charge in [0.2, 0.25) is 0 Å². The summed E-state index contributed by atoms with van der Waals surface area (Å²) in [5.41, 5.74) is 3.64. The van der Waals surface area contributed by atoms with E-state index in [2.05, 4.69) is 43.6 Å². The van der Waals surface area contributed by atoms with Crippen molar-refractivity contribution in [3.05, 3.63) is 99.8 Å². The average molecular weight is 523 g/mol. The molecule has 0 saturated heterocycles. The average Bonchev–Trinajstić information content (AvgIpc) is 3.24. The van der Waals surface area contributed by atoms with E-state index in [1.54, 1.807) is 24.9 Å². The molecule has 0 aliphatic rings. The number of methoxy groups -OCH3 is 1. The summed E-state index contributed by atoms with van der Waals surface area (Å²) in [7, 11) is 1.64. The second kappa shape index (κ2) is 10.7. The van der Waals surface area contributed by atoms with Crippen LogP contribution >= 0.6 is 27.7 Å². The molecule has 8 heteroatoms. The zero-order valence-electron chi connectivity index (χ0n) is 18.3. The van der Waals surface area contributed by atoms with Crippen LogP contribution in [0.15, 0.2) is 82.4 Å². The molecule has 3 aromatic carbocycles. The standard InChI is InChI=1S/C25H23BrN4O2S/c1-17-6-5-7-19(14-17)24(31)27-15-23-28-29-25(33-16-18-10-12-20(26)13-11-18)30(23)21-8-3-4-9-22(21)32-2/h3-14H,15-16H2,1-2H3,(H,27,31). The van der Waals surface area contributed by atoms with Crippen LogP contribution in [0, 0.1) is 6.92 Å². The quantitative estimate of drug-likeness (QED) is 0.306.